The minimum Gasteiger partial charge on any atom is -0.330 e. The molecule has 0 radical (unpaired) electrons. The third kappa shape index (κ3) is 5.50. The van der Waals surface area contributed by atoms with Crippen LogP contribution in [0.4, 0.5) is 0 Å². The van der Waals surface area contributed by atoms with E-state index < -0.39 is 10.0 Å². The molecule has 0 saturated heterocycles. The minimum absolute atomic E-state index is 0.0381. The Balaban J connectivity index is 1.60. The van der Waals surface area contributed by atoms with Gasteiger partial charge >= 0.3 is 0 Å². The number of halogens is 1. The number of carbonyl (C=O) groups is 1. The van der Waals surface area contributed by atoms with Crippen molar-refractivity contribution in [2.45, 2.75) is 12.5 Å². The van der Waals surface area contributed by atoms with Gasteiger partial charge in [-0.15, -0.1) is 17.9 Å². The van der Waals surface area contributed by atoms with Gasteiger partial charge in [-0.05, 0) is 52.8 Å². The molecule has 1 amide bonds. The number of benzene rings is 2. The van der Waals surface area contributed by atoms with Crippen molar-refractivity contribution in [3.05, 3.63) is 111 Å². The van der Waals surface area contributed by atoms with Crippen LogP contribution in [0.1, 0.15) is 27.6 Å². The number of hydrogen-bond donors (Lipinski definition) is 0. The average molecular weight is 513 g/mol. The molecule has 0 saturated carbocycles. The molecule has 2 aromatic carbocycles. The maximum absolute atomic E-state index is 13.5. The zero-order valence-corrected chi connectivity index (χ0v) is 20.9. The fourth-order valence-corrected chi connectivity index (χ4v) is 6.18. The van der Waals surface area contributed by atoms with Gasteiger partial charge < -0.3 is 4.90 Å². The van der Waals surface area contributed by atoms with Crippen LogP contribution in [0.25, 0.3) is 6.08 Å². The standard InChI is InChI=1S/C26H25ClN2O3S2/c1-2-15-28(34(31,32)18-14-20-6-4-3-5-7-20)19-25(30)29-16-12-24-23(13-17-33-24)26(29)21-8-10-22(27)11-9-21/h2-11,13-14,17-18,26H,1,12,15-16,19H2/b18-14+. The fourth-order valence-electron chi connectivity index (χ4n) is 4.05. The quantitative estimate of drug-likeness (QED) is 0.381. The van der Waals surface area contributed by atoms with Crippen molar-refractivity contribution in [1.82, 2.24) is 9.21 Å². The van der Waals surface area contributed by atoms with Crippen LogP contribution < -0.4 is 0 Å². The lowest BCUT2D eigenvalue weighted by Gasteiger charge is -2.37. The van der Waals surface area contributed by atoms with Crippen molar-refractivity contribution in [2.75, 3.05) is 19.6 Å². The predicted octanol–water partition coefficient (Wildman–Crippen LogP) is 5.36. The van der Waals surface area contributed by atoms with Crippen molar-refractivity contribution in [1.29, 1.82) is 0 Å². The summed E-state index contributed by atoms with van der Waals surface area (Å²) >= 11 is 7.77. The van der Waals surface area contributed by atoms with Crippen LogP contribution in [0, 0.1) is 0 Å². The van der Waals surface area contributed by atoms with Gasteiger partial charge in [0.05, 0.1) is 12.6 Å². The molecular formula is C26H25ClN2O3S2. The molecule has 1 atom stereocenters. The van der Waals surface area contributed by atoms with E-state index in [2.05, 4.69) is 6.58 Å². The molecule has 5 nitrogen and oxygen atoms in total. The van der Waals surface area contributed by atoms with Crippen LogP contribution in [-0.2, 0) is 21.2 Å². The SMILES string of the molecule is C=CCN(CC(=O)N1CCc2sccc2C1c1ccc(Cl)cc1)S(=O)(=O)/C=C/c1ccccc1. The molecule has 0 aliphatic carbocycles. The number of amides is 1. The summed E-state index contributed by atoms with van der Waals surface area (Å²) in [4.78, 5) is 16.5. The van der Waals surface area contributed by atoms with Crippen LogP contribution in [0.3, 0.4) is 0 Å². The second-order valence-corrected chi connectivity index (χ2v) is 11.2. The van der Waals surface area contributed by atoms with E-state index in [0.717, 1.165) is 32.8 Å². The molecule has 0 N–H and O–H groups in total. The largest absolute Gasteiger partial charge is 0.330 e. The number of carbonyl (C=O) groups excluding carboxylic acids is 1. The summed E-state index contributed by atoms with van der Waals surface area (Å²) in [6.07, 6.45) is 3.76. The van der Waals surface area contributed by atoms with Gasteiger partial charge in [-0.25, -0.2) is 8.42 Å². The Labute approximate surface area is 209 Å². The number of rotatable bonds is 8. The number of thiophene rings is 1. The maximum Gasteiger partial charge on any atom is 0.238 e. The highest BCUT2D eigenvalue weighted by atomic mass is 35.5. The highest BCUT2D eigenvalue weighted by molar-refractivity contribution is 7.92. The monoisotopic (exact) mass is 512 g/mol. The molecule has 8 heteroatoms. The lowest BCUT2D eigenvalue weighted by Crippen LogP contribution is -2.46. The Morgan fingerprint density at radius 2 is 1.88 bits per heavy atom. The summed E-state index contributed by atoms with van der Waals surface area (Å²) < 4.78 is 27.3. The van der Waals surface area contributed by atoms with Crippen molar-refractivity contribution < 1.29 is 13.2 Å². The van der Waals surface area contributed by atoms with Gasteiger partial charge in [0.25, 0.3) is 0 Å². The molecule has 0 spiro atoms. The van der Waals surface area contributed by atoms with Gasteiger partial charge in [-0.2, -0.15) is 4.31 Å². The fraction of sp³-hybridized carbons (Fsp3) is 0.192. The second-order valence-electron chi connectivity index (χ2n) is 7.93. The molecular weight excluding hydrogens is 488 g/mol. The lowest BCUT2D eigenvalue weighted by molar-refractivity contribution is -0.133. The van der Waals surface area contributed by atoms with Crippen LogP contribution in [0.15, 0.2) is 84.1 Å². The van der Waals surface area contributed by atoms with Gasteiger partial charge in [0, 0.05) is 28.4 Å². The summed E-state index contributed by atoms with van der Waals surface area (Å²) in [6, 6.07) is 18.4. The van der Waals surface area contributed by atoms with E-state index in [-0.39, 0.29) is 25.0 Å². The normalized spacial score (nSPS) is 16.1. The molecule has 1 aromatic heterocycles. The van der Waals surface area contributed by atoms with Gasteiger partial charge in [-0.1, -0.05) is 60.1 Å². The zero-order valence-electron chi connectivity index (χ0n) is 18.5. The molecule has 1 unspecified atom stereocenters. The third-order valence-electron chi connectivity index (χ3n) is 5.71. The van der Waals surface area contributed by atoms with Gasteiger partial charge in [0.1, 0.15) is 0 Å². The molecule has 1 aliphatic heterocycles. The number of hydrogen-bond acceptors (Lipinski definition) is 4. The third-order valence-corrected chi connectivity index (χ3v) is 8.43. The number of fused-ring (bicyclic) bond motifs is 1. The molecule has 1 aliphatic rings. The Hall–Kier alpha value is -2.71. The maximum atomic E-state index is 13.5. The predicted molar refractivity (Wildman–Crippen MR) is 139 cm³/mol. The van der Waals surface area contributed by atoms with E-state index in [1.54, 1.807) is 16.2 Å². The van der Waals surface area contributed by atoms with Crippen LogP contribution in [-0.4, -0.2) is 43.2 Å². The zero-order chi connectivity index (χ0) is 24.1. The summed E-state index contributed by atoms with van der Waals surface area (Å²) in [5.41, 5.74) is 2.79. The van der Waals surface area contributed by atoms with Crippen molar-refractivity contribution >= 4 is 44.9 Å². The summed E-state index contributed by atoms with van der Waals surface area (Å²) in [5, 5.41) is 3.80. The minimum atomic E-state index is -3.84. The van der Waals surface area contributed by atoms with E-state index in [0.29, 0.717) is 11.6 Å². The van der Waals surface area contributed by atoms with Crippen LogP contribution >= 0.6 is 22.9 Å². The van der Waals surface area contributed by atoms with Crippen molar-refractivity contribution in [2.24, 2.45) is 0 Å². The Morgan fingerprint density at radius 1 is 1.15 bits per heavy atom. The number of sulfonamides is 1. The summed E-state index contributed by atoms with van der Waals surface area (Å²) in [7, 11) is -3.84. The van der Waals surface area contributed by atoms with Crippen LogP contribution in [0.2, 0.25) is 5.02 Å². The van der Waals surface area contributed by atoms with E-state index in [1.165, 1.54) is 17.0 Å². The molecule has 3 aromatic rings. The molecule has 4 rings (SSSR count). The van der Waals surface area contributed by atoms with E-state index >= 15 is 0 Å². The van der Waals surface area contributed by atoms with E-state index in [4.69, 9.17) is 11.6 Å². The Morgan fingerprint density at radius 3 is 2.59 bits per heavy atom. The summed E-state index contributed by atoms with van der Waals surface area (Å²) in [6.45, 7) is 3.97. The smallest absolute Gasteiger partial charge is 0.238 e. The van der Waals surface area contributed by atoms with Crippen molar-refractivity contribution in [3.63, 3.8) is 0 Å². The highest BCUT2D eigenvalue weighted by Gasteiger charge is 2.34. The number of nitrogens with zero attached hydrogens (tertiary/aromatic N) is 2. The van der Waals surface area contributed by atoms with Gasteiger partial charge in [0.15, 0.2) is 0 Å². The summed E-state index contributed by atoms with van der Waals surface area (Å²) in [5.74, 6) is -0.254. The first-order valence-electron chi connectivity index (χ1n) is 10.8. The molecule has 34 heavy (non-hydrogen) atoms. The van der Waals surface area contributed by atoms with Gasteiger partial charge in [-0.3, -0.25) is 4.79 Å². The molecule has 2 heterocycles. The van der Waals surface area contributed by atoms with E-state index in [1.807, 2.05) is 66.0 Å². The van der Waals surface area contributed by atoms with E-state index in [9.17, 15) is 13.2 Å². The molecule has 0 fully saturated rings. The second kappa shape index (κ2) is 10.7. The average Bonchev–Trinajstić information content (AvgIpc) is 3.32. The first-order valence-corrected chi connectivity index (χ1v) is 13.6. The Kier molecular flexibility index (Phi) is 7.68. The topological polar surface area (TPSA) is 57.7 Å². The van der Waals surface area contributed by atoms with Crippen molar-refractivity contribution in [3.8, 4) is 0 Å². The molecule has 176 valence electrons. The Bertz CT molecular complexity index is 1290. The lowest BCUT2D eigenvalue weighted by atomic mass is 9.93. The first-order chi connectivity index (χ1) is 16.4. The first kappa shape index (κ1) is 24.4. The van der Waals surface area contributed by atoms with Crippen LogP contribution in [0.5, 0.6) is 0 Å². The molecule has 0 bridgehead atoms. The highest BCUT2D eigenvalue weighted by Crippen LogP contribution is 2.38. The van der Waals surface area contributed by atoms with Gasteiger partial charge in [0.2, 0.25) is 15.9 Å².